The zero-order valence-electron chi connectivity index (χ0n) is 12.4. The Morgan fingerprint density at radius 1 is 1.29 bits per heavy atom. The van der Waals surface area contributed by atoms with E-state index in [1.807, 2.05) is 12.3 Å². The van der Waals surface area contributed by atoms with Gasteiger partial charge in [0.25, 0.3) is 0 Å². The number of nitrogens with one attached hydrogen (secondary N) is 1. The minimum Gasteiger partial charge on any atom is -0.482 e. The molecule has 2 aromatic rings. The molecule has 1 spiro atoms. The number of nitrogens with zero attached hydrogens (tertiary/aromatic N) is 2. The standard InChI is InChI=1S/C17H21N3O/c1-2-9-20-10-7-17(8-11-20)14-12-18-19-16(14)13-5-3-4-6-15(13)21-17/h3-6,12H,2,7-11H2,1H3,(H,18,19). The Morgan fingerprint density at radius 3 is 2.90 bits per heavy atom. The van der Waals surface area contributed by atoms with Gasteiger partial charge in [0, 0.05) is 37.1 Å². The van der Waals surface area contributed by atoms with E-state index in [1.165, 1.54) is 18.5 Å². The van der Waals surface area contributed by atoms with E-state index in [0.717, 1.165) is 42.9 Å². The maximum Gasteiger partial charge on any atom is 0.140 e. The van der Waals surface area contributed by atoms with Gasteiger partial charge in [0.1, 0.15) is 11.4 Å². The predicted octanol–water partition coefficient (Wildman–Crippen LogP) is 3.17. The topological polar surface area (TPSA) is 41.1 Å². The maximum absolute atomic E-state index is 6.48. The molecule has 0 saturated carbocycles. The van der Waals surface area contributed by atoms with Gasteiger partial charge in [0.05, 0.1) is 11.9 Å². The monoisotopic (exact) mass is 283 g/mol. The van der Waals surface area contributed by atoms with Crippen molar-refractivity contribution in [3.8, 4) is 17.0 Å². The maximum atomic E-state index is 6.48. The van der Waals surface area contributed by atoms with Crippen LogP contribution in [0.3, 0.4) is 0 Å². The number of hydrogen-bond donors (Lipinski definition) is 1. The summed E-state index contributed by atoms with van der Waals surface area (Å²) in [6.07, 6.45) is 5.25. The Bertz CT molecular complexity index is 641. The van der Waals surface area contributed by atoms with E-state index in [-0.39, 0.29) is 5.60 Å². The van der Waals surface area contributed by atoms with Crippen molar-refractivity contribution < 1.29 is 4.74 Å². The summed E-state index contributed by atoms with van der Waals surface area (Å²) in [4.78, 5) is 2.54. The summed E-state index contributed by atoms with van der Waals surface area (Å²) < 4.78 is 6.48. The van der Waals surface area contributed by atoms with Crippen LogP contribution in [-0.2, 0) is 5.60 Å². The van der Waals surface area contributed by atoms with Gasteiger partial charge in [-0.1, -0.05) is 19.1 Å². The van der Waals surface area contributed by atoms with Crippen LogP contribution in [-0.4, -0.2) is 34.7 Å². The highest BCUT2D eigenvalue weighted by Gasteiger charge is 2.44. The number of piperidine rings is 1. The first-order valence-corrected chi connectivity index (χ1v) is 7.87. The van der Waals surface area contributed by atoms with E-state index in [4.69, 9.17) is 4.74 Å². The highest BCUT2D eigenvalue weighted by Crippen LogP contribution is 2.48. The third-order valence-electron chi connectivity index (χ3n) is 4.80. The molecule has 21 heavy (non-hydrogen) atoms. The molecule has 1 aromatic heterocycles. The molecule has 1 N–H and O–H groups in total. The summed E-state index contributed by atoms with van der Waals surface area (Å²) in [6, 6.07) is 8.26. The largest absolute Gasteiger partial charge is 0.482 e. The number of rotatable bonds is 2. The highest BCUT2D eigenvalue weighted by atomic mass is 16.5. The number of aromatic amines is 1. The van der Waals surface area contributed by atoms with E-state index in [9.17, 15) is 0 Å². The van der Waals surface area contributed by atoms with Crippen LogP contribution in [0.25, 0.3) is 11.3 Å². The number of ether oxygens (including phenoxy) is 1. The molecule has 0 unspecified atom stereocenters. The molecule has 0 aliphatic carbocycles. The van der Waals surface area contributed by atoms with E-state index in [0.29, 0.717) is 0 Å². The van der Waals surface area contributed by atoms with E-state index >= 15 is 0 Å². The second-order valence-electron chi connectivity index (χ2n) is 6.09. The van der Waals surface area contributed by atoms with Gasteiger partial charge in [-0.05, 0) is 25.1 Å². The van der Waals surface area contributed by atoms with Crippen molar-refractivity contribution >= 4 is 0 Å². The van der Waals surface area contributed by atoms with Crippen molar-refractivity contribution in [3.63, 3.8) is 0 Å². The molecule has 2 aliphatic rings. The van der Waals surface area contributed by atoms with Crippen LogP contribution in [0.1, 0.15) is 31.7 Å². The van der Waals surface area contributed by atoms with Gasteiger partial charge in [0.15, 0.2) is 0 Å². The number of benzene rings is 1. The Morgan fingerprint density at radius 2 is 2.10 bits per heavy atom. The molecule has 0 bridgehead atoms. The number of hydrogen-bond acceptors (Lipinski definition) is 3. The van der Waals surface area contributed by atoms with Crippen LogP contribution in [0.15, 0.2) is 30.5 Å². The lowest BCUT2D eigenvalue weighted by Crippen LogP contribution is -2.47. The first-order chi connectivity index (χ1) is 10.3. The summed E-state index contributed by atoms with van der Waals surface area (Å²) in [5.74, 6) is 0.984. The fourth-order valence-electron chi connectivity index (χ4n) is 3.69. The fraction of sp³-hybridized carbons (Fsp3) is 0.471. The smallest absolute Gasteiger partial charge is 0.140 e. The average molecular weight is 283 g/mol. The van der Waals surface area contributed by atoms with Crippen LogP contribution < -0.4 is 4.74 Å². The van der Waals surface area contributed by atoms with Crippen LogP contribution in [0, 0.1) is 0 Å². The number of likely N-dealkylation sites (tertiary alicyclic amines) is 1. The molecule has 0 radical (unpaired) electrons. The summed E-state index contributed by atoms with van der Waals surface area (Å²) >= 11 is 0. The van der Waals surface area contributed by atoms with Crippen molar-refractivity contribution in [1.82, 2.24) is 15.1 Å². The predicted molar refractivity (Wildman–Crippen MR) is 82.3 cm³/mol. The molecular weight excluding hydrogens is 262 g/mol. The molecule has 1 fully saturated rings. The molecule has 0 atom stereocenters. The van der Waals surface area contributed by atoms with Gasteiger partial charge in [-0.3, -0.25) is 5.10 Å². The van der Waals surface area contributed by atoms with Crippen molar-refractivity contribution in [2.45, 2.75) is 31.8 Å². The molecule has 0 amide bonds. The van der Waals surface area contributed by atoms with Gasteiger partial charge < -0.3 is 9.64 Å². The summed E-state index contributed by atoms with van der Waals surface area (Å²) in [7, 11) is 0. The fourth-order valence-corrected chi connectivity index (χ4v) is 3.69. The number of aromatic nitrogens is 2. The van der Waals surface area contributed by atoms with E-state index in [2.05, 4.69) is 40.2 Å². The Kier molecular flexibility index (Phi) is 3.00. The Labute approximate surface area is 125 Å². The lowest BCUT2D eigenvalue weighted by atomic mass is 9.81. The minimum atomic E-state index is -0.194. The molecule has 1 aromatic carbocycles. The van der Waals surface area contributed by atoms with Crippen molar-refractivity contribution in [1.29, 1.82) is 0 Å². The van der Waals surface area contributed by atoms with Gasteiger partial charge in [-0.2, -0.15) is 5.10 Å². The first kappa shape index (κ1) is 12.9. The Balaban J connectivity index is 1.70. The van der Waals surface area contributed by atoms with E-state index < -0.39 is 0 Å². The second-order valence-corrected chi connectivity index (χ2v) is 6.09. The van der Waals surface area contributed by atoms with Gasteiger partial charge >= 0.3 is 0 Å². The molecule has 4 rings (SSSR count). The van der Waals surface area contributed by atoms with E-state index in [1.54, 1.807) is 0 Å². The zero-order valence-corrected chi connectivity index (χ0v) is 12.4. The van der Waals surface area contributed by atoms with Crippen LogP contribution in [0.2, 0.25) is 0 Å². The van der Waals surface area contributed by atoms with Gasteiger partial charge in [-0.25, -0.2) is 0 Å². The van der Waals surface area contributed by atoms with Crippen LogP contribution in [0.5, 0.6) is 5.75 Å². The van der Waals surface area contributed by atoms with Crippen LogP contribution >= 0.6 is 0 Å². The van der Waals surface area contributed by atoms with Crippen molar-refractivity contribution in [3.05, 3.63) is 36.0 Å². The van der Waals surface area contributed by atoms with Crippen LogP contribution in [0.4, 0.5) is 0 Å². The Hall–Kier alpha value is -1.81. The normalized spacial score (nSPS) is 19.9. The first-order valence-electron chi connectivity index (χ1n) is 7.87. The van der Waals surface area contributed by atoms with Gasteiger partial charge in [0.2, 0.25) is 0 Å². The number of fused-ring (bicyclic) bond motifs is 4. The molecule has 1 saturated heterocycles. The molecular formula is C17H21N3O. The SMILES string of the molecule is CCCN1CCC2(CC1)Oc1ccccc1-c1[nH]ncc12. The average Bonchev–Trinajstić information content (AvgIpc) is 3.01. The third-order valence-corrected chi connectivity index (χ3v) is 4.80. The molecule has 2 aliphatic heterocycles. The highest BCUT2D eigenvalue weighted by molar-refractivity contribution is 5.73. The molecule has 4 nitrogen and oxygen atoms in total. The minimum absolute atomic E-state index is 0.194. The quantitative estimate of drug-likeness (QED) is 0.920. The zero-order chi connectivity index (χ0) is 14.3. The van der Waals surface area contributed by atoms with Crippen molar-refractivity contribution in [2.75, 3.05) is 19.6 Å². The summed E-state index contributed by atoms with van der Waals surface area (Å²) in [5, 5.41) is 7.47. The van der Waals surface area contributed by atoms with Crippen molar-refractivity contribution in [2.24, 2.45) is 0 Å². The summed E-state index contributed by atoms with van der Waals surface area (Å²) in [6.45, 7) is 5.62. The summed E-state index contributed by atoms with van der Waals surface area (Å²) in [5.41, 5.74) is 3.31. The third kappa shape index (κ3) is 1.97. The second kappa shape index (κ2) is 4.88. The molecule has 110 valence electrons. The molecule has 3 heterocycles. The number of H-pyrrole nitrogens is 1. The number of para-hydroxylation sites is 1. The van der Waals surface area contributed by atoms with Gasteiger partial charge in [-0.15, -0.1) is 0 Å². The molecule has 4 heteroatoms. The lowest BCUT2D eigenvalue weighted by molar-refractivity contribution is -0.00459. The lowest BCUT2D eigenvalue weighted by Gasteiger charge is -2.44.